The fraction of sp³-hybridized carbons (Fsp3) is 0.500. The molecule has 7 nitrogen and oxygen atoms in total. The highest BCUT2D eigenvalue weighted by atomic mass is 32.1. The number of aliphatic hydroxyl groups excluding tert-OH is 2. The molecule has 2 aliphatic heterocycles. The van der Waals surface area contributed by atoms with E-state index in [-0.39, 0.29) is 18.4 Å². The highest BCUT2D eigenvalue weighted by Gasteiger charge is 2.56. The van der Waals surface area contributed by atoms with Crippen molar-refractivity contribution in [3.05, 3.63) is 35.9 Å². The van der Waals surface area contributed by atoms with Gasteiger partial charge in [-0.2, -0.15) is 0 Å². The van der Waals surface area contributed by atoms with Crippen LogP contribution in [0.1, 0.15) is 5.56 Å². The lowest BCUT2D eigenvalue weighted by molar-refractivity contribution is -0.183. The van der Waals surface area contributed by atoms with Crippen LogP contribution >= 0.6 is 12.2 Å². The second-order valence-corrected chi connectivity index (χ2v) is 5.70. The van der Waals surface area contributed by atoms with Crippen molar-refractivity contribution in [1.82, 2.24) is 5.32 Å². The Balaban J connectivity index is 1.73. The van der Waals surface area contributed by atoms with E-state index in [0.29, 0.717) is 0 Å². The van der Waals surface area contributed by atoms with Gasteiger partial charge in [0.2, 0.25) is 5.72 Å². The molecule has 2 fully saturated rings. The molecule has 1 aromatic carbocycles. The van der Waals surface area contributed by atoms with Gasteiger partial charge in [-0.1, -0.05) is 30.3 Å². The highest BCUT2D eigenvalue weighted by Crippen LogP contribution is 2.32. The second kappa shape index (κ2) is 6.07. The van der Waals surface area contributed by atoms with Gasteiger partial charge in [-0.3, -0.25) is 0 Å². The van der Waals surface area contributed by atoms with Gasteiger partial charge in [0.25, 0.3) is 5.17 Å². The van der Waals surface area contributed by atoms with Gasteiger partial charge >= 0.3 is 0 Å². The fourth-order valence-corrected chi connectivity index (χ4v) is 2.80. The molecule has 0 saturated carbocycles. The average molecular weight is 327 g/mol. The maximum atomic E-state index is 10.5. The van der Waals surface area contributed by atoms with Crippen LogP contribution in [0, 0.1) is 0 Å². The van der Waals surface area contributed by atoms with Gasteiger partial charge in [0.1, 0.15) is 24.9 Å². The zero-order valence-electron chi connectivity index (χ0n) is 11.6. The minimum atomic E-state index is -1.66. The maximum absolute atomic E-state index is 10.5. The lowest BCUT2D eigenvalue weighted by atomic mass is 10.0. The summed E-state index contributed by atoms with van der Waals surface area (Å²) in [5.74, 6) is 0. The molecule has 5 atom stereocenters. The van der Waals surface area contributed by atoms with E-state index in [2.05, 4.69) is 5.32 Å². The summed E-state index contributed by atoms with van der Waals surface area (Å²) in [6, 6.07) is 9.35. The van der Waals surface area contributed by atoms with Crippen LogP contribution in [0.25, 0.3) is 0 Å². The van der Waals surface area contributed by atoms with Crippen molar-refractivity contribution in [3.8, 4) is 0 Å². The van der Waals surface area contributed by atoms with Crippen LogP contribution in [-0.4, -0.2) is 57.4 Å². The number of hydrogen-bond donors (Lipinski definition) is 4. The number of rotatable bonds is 4. The smallest absolute Gasteiger partial charge is 0.259 e. The molecule has 2 saturated heterocycles. The Morgan fingerprint density at radius 3 is 2.68 bits per heavy atom. The van der Waals surface area contributed by atoms with Crippen LogP contribution in [0.4, 0.5) is 0 Å². The number of aliphatic hydroxyl groups is 3. The number of ether oxygens (including phenoxy) is 3. The Hall–Kier alpha value is -1.29. The van der Waals surface area contributed by atoms with E-state index in [1.54, 1.807) is 0 Å². The summed E-state index contributed by atoms with van der Waals surface area (Å²) in [6.45, 7) is 0.0532. The summed E-state index contributed by atoms with van der Waals surface area (Å²) in [6.07, 6.45) is -4.70. The Morgan fingerprint density at radius 2 is 2.05 bits per heavy atom. The van der Waals surface area contributed by atoms with Crippen LogP contribution in [0.2, 0.25) is 0 Å². The van der Waals surface area contributed by atoms with Crippen molar-refractivity contribution in [3.63, 3.8) is 0 Å². The molecule has 1 unspecified atom stereocenters. The number of nitrogens with one attached hydrogen (secondary N) is 1. The molecule has 2 heterocycles. The van der Waals surface area contributed by atoms with E-state index in [4.69, 9.17) is 26.4 Å². The summed E-state index contributed by atoms with van der Waals surface area (Å²) in [7, 11) is 0. The third-order valence-corrected chi connectivity index (χ3v) is 3.93. The molecule has 0 aromatic heterocycles. The molecule has 2 aliphatic rings. The summed E-state index contributed by atoms with van der Waals surface area (Å²) in [5, 5.41) is 32.9. The van der Waals surface area contributed by atoms with Gasteiger partial charge < -0.3 is 34.8 Å². The average Bonchev–Trinajstić information content (AvgIpc) is 3.00. The third kappa shape index (κ3) is 2.94. The van der Waals surface area contributed by atoms with Crippen molar-refractivity contribution in [2.45, 2.75) is 36.9 Å². The second-order valence-electron chi connectivity index (χ2n) is 5.32. The molecular formula is C14H17NO6S. The van der Waals surface area contributed by atoms with Crippen molar-refractivity contribution in [2.24, 2.45) is 0 Å². The third-order valence-electron chi connectivity index (χ3n) is 3.71. The van der Waals surface area contributed by atoms with Gasteiger partial charge in [-0.15, -0.1) is 0 Å². The zero-order chi connectivity index (χ0) is 15.7. The Bertz CT molecular complexity index is 543. The van der Waals surface area contributed by atoms with E-state index in [1.165, 1.54) is 0 Å². The van der Waals surface area contributed by atoms with Crippen LogP contribution in [0.15, 0.2) is 30.3 Å². The Labute approximate surface area is 132 Å². The Kier molecular flexibility index (Phi) is 4.31. The van der Waals surface area contributed by atoms with Gasteiger partial charge in [0.05, 0.1) is 6.61 Å². The molecule has 0 radical (unpaired) electrons. The normalized spacial score (nSPS) is 37.9. The van der Waals surface area contributed by atoms with Crippen LogP contribution in [0.3, 0.4) is 0 Å². The molecule has 0 spiro atoms. The molecule has 8 heteroatoms. The maximum Gasteiger partial charge on any atom is 0.259 e. The first kappa shape index (κ1) is 15.6. The minimum Gasteiger partial charge on any atom is -0.466 e. The van der Waals surface area contributed by atoms with Crippen LogP contribution in [0.5, 0.6) is 0 Å². The van der Waals surface area contributed by atoms with Gasteiger partial charge in [-0.25, -0.2) is 0 Å². The van der Waals surface area contributed by atoms with Crippen molar-refractivity contribution >= 4 is 17.4 Å². The number of thiocarbonyl (C=S) groups is 1. The lowest BCUT2D eigenvalue weighted by Crippen LogP contribution is -2.58. The first-order valence-corrected chi connectivity index (χ1v) is 7.25. The zero-order valence-corrected chi connectivity index (χ0v) is 12.4. The SMILES string of the molecule is O[C@@H]1[C@@H](OCc2ccccc2)[C@@H](C2(O)COC(=S)N2)O[C@H]1O. The van der Waals surface area contributed by atoms with Crippen molar-refractivity contribution < 1.29 is 29.5 Å². The fourth-order valence-electron chi connectivity index (χ4n) is 2.56. The quantitative estimate of drug-likeness (QED) is 0.536. The van der Waals surface area contributed by atoms with E-state index in [1.807, 2.05) is 30.3 Å². The molecule has 0 amide bonds. The van der Waals surface area contributed by atoms with Gasteiger partial charge in [-0.05, 0) is 17.8 Å². The first-order valence-electron chi connectivity index (χ1n) is 6.84. The van der Waals surface area contributed by atoms with E-state index >= 15 is 0 Å². The highest BCUT2D eigenvalue weighted by molar-refractivity contribution is 7.80. The standard InChI is InChI=1S/C14H17NO6S/c16-9-10(19-6-8-4-2-1-3-5-8)11(21-12(9)17)14(18)7-20-13(22)15-14/h1-5,9-12,16-18H,6-7H2,(H,15,22)/t9-,10-,11+,12-,14?/m1/s1. The molecule has 0 aliphatic carbocycles. The molecule has 4 N–H and O–H groups in total. The van der Waals surface area contributed by atoms with Crippen molar-refractivity contribution in [1.29, 1.82) is 0 Å². The molecule has 22 heavy (non-hydrogen) atoms. The van der Waals surface area contributed by atoms with Crippen LogP contribution < -0.4 is 5.32 Å². The summed E-state index contributed by atoms with van der Waals surface area (Å²) in [4.78, 5) is 0. The number of benzene rings is 1. The first-order chi connectivity index (χ1) is 10.5. The molecule has 120 valence electrons. The Morgan fingerprint density at radius 1 is 1.32 bits per heavy atom. The lowest BCUT2D eigenvalue weighted by Gasteiger charge is -2.31. The molecule has 1 aromatic rings. The molecule has 3 rings (SSSR count). The minimum absolute atomic E-state index is 0.0313. The topological polar surface area (TPSA) is 100 Å². The molecule has 0 bridgehead atoms. The van der Waals surface area contributed by atoms with E-state index in [9.17, 15) is 15.3 Å². The van der Waals surface area contributed by atoms with Gasteiger partial charge in [0, 0.05) is 0 Å². The van der Waals surface area contributed by atoms with Gasteiger partial charge in [0.15, 0.2) is 6.29 Å². The predicted octanol–water partition coefficient (Wildman–Crippen LogP) is -0.757. The monoisotopic (exact) mass is 327 g/mol. The molecular weight excluding hydrogens is 310 g/mol. The van der Waals surface area contributed by atoms with Crippen molar-refractivity contribution in [2.75, 3.05) is 6.61 Å². The largest absolute Gasteiger partial charge is 0.466 e. The summed E-state index contributed by atoms with van der Waals surface area (Å²) < 4.78 is 15.9. The predicted molar refractivity (Wildman–Crippen MR) is 78.5 cm³/mol. The van der Waals surface area contributed by atoms with E-state index in [0.717, 1.165) is 5.56 Å². The summed E-state index contributed by atoms with van der Waals surface area (Å²) in [5.41, 5.74) is -0.760. The number of hydrogen-bond acceptors (Lipinski definition) is 7. The van der Waals surface area contributed by atoms with Crippen LogP contribution in [-0.2, 0) is 20.8 Å². The summed E-state index contributed by atoms with van der Waals surface area (Å²) >= 11 is 4.83. The van der Waals surface area contributed by atoms with E-state index < -0.39 is 30.3 Å².